The van der Waals surface area contributed by atoms with Crippen molar-refractivity contribution >= 4 is 15.9 Å². The van der Waals surface area contributed by atoms with E-state index in [2.05, 4.69) is 65.2 Å². The summed E-state index contributed by atoms with van der Waals surface area (Å²) in [5.74, 6) is 0. The second kappa shape index (κ2) is 7.78. The van der Waals surface area contributed by atoms with E-state index in [1.54, 1.807) is 12.5 Å². The molecule has 1 aromatic carbocycles. The van der Waals surface area contributed by atoms with Crippen molar-refractivity contribution in [3.05, 3.63) is 58.0 Å². The van der Waals surface area contributed by atoms with E-state index in [0.717, 1.165) is 19.6 Å². The summed E-state index contributed by atoms with van der Waals surface area (Å²) >= 11 is 3.69. The molecule has 0 radical (unpaired) electrons. The second-order valence-corrected chi connectivity index (χ2v) is 6.62. The lowest BCUT2D eigenvalue weighted by atomic mass is 10.1. The lowest BCUT2D eigenvalue weighted by Crippen LogP contribution is -2.22. The van der Waals surface area contributed by atoms with Gasteiger partial charge >= 0.3 is 0 Å². The van der Waals surface area contributed by atoms with Crippen LogP contribution in [0.15, 0.2) is 45.7 Å². The van der Waals surface area contributed by atoms with Crippen molar-refractivity contribution in [3.8, 4) is 0 Å². The Kier molecular flexibility index (Phi) is 6.03. The molecule has 1 heterocycles. The highest BCUT2D eigenvalue weighted by Gasteiger charge is 2.07. The number of nitrogens with one attached hydrogen (secondary N) is 1. The summed E-state index contributed by atoms with van der Waals surface area (Å²) in [6, 6.07) is 9.11. The van der Waals surface area contributed by atoms with Crippen LogP contribution >= 0.6 is 15.9 Å². The zero-order chi connectivity index (χ0) is 15.2. The monoisotopic (exact) mass is 350 g/mol. The van der Waals surface area contributed by atoms with Gasteiger partial charge in [-0.25, -0.2) is 0 Å². The third-order valence-corrected chi connectivity index (χ3v) is 4.04. The van der Waals surface area contributed by atoms with Gasteiger partial charge in [-0.3, -0.25) is 4.90 Å². The fourth-order valence-corrected chi connectivity index (χ4v) is 2.74. The van der Waals surface area contributed by atoms with E-state index in [-0.39, 0.29) is 0 Å². The Labute approximate surface area is 135 Å². The van der Waals surface area contributed by atoms with Crippen molar-refractivity contribution in [1.29, 1.82) is 0 Å². The molecular formula is C17H23BrN2O. The molecule has 0 fully saturated rings. The highest BCUT2D eigenvalue weighted by Crippen LogP contribution is 2.21. The van der Waals surface area contributed by atoms with Gasteiger partial charge in [0.25, 0.3) is 0 Å². The summed E-state index contributed by atoms with van der Waals surface area (Å²) in [5, 5.41) is 3.44. The average Bonchev–Trinajstić information content (AvgIpc) is 2.92. The van der Waals surface area contributed by atoms with Gasteiger partial charge in [0.2, 0.25) is 0 Å². The predicted molar refractivity (Wildman–Crippen MR) is 90.0 cm³/mol. The number of nitrogens with zero attached hydrogens (tertiary/aromatic N) is 1. The van der Waals surface area contributed by atoms with Crippen molar-refractivity contribution in [2.45, 2.75) is 39.5 Å². The second-order valence-electron chi connectivity index (χ2n) is 5.77. The molecule has 0 atom stereocenters. The smallest absolute Gasteiger partial charge is 0.0947 e. The molecule has 0 bridgehead atoms. The highest BCUT2D eigenvalue weighted by molar-refractivity contribution is 9.10. The first-order valence-electron chi connectivity index (χ1n) is 7.25. The van der Waals surface area contributed by atoms with Crippen LogP contribution in [-0.4, -0.2) is 18.0 Å². The van der Waals surface area contributed by atoms with Gasteiger partial charge in [0.15, 0.2) is 0 Å². The quantitative estimate of drug-likeness (QED) is 0.812. The molecule has 0 spiro atoms. The SMILES string of the molecule is CC(C)NCc1ccc(CN(C)Cc2ccoc2)c(Br)c1. The number of furan rings is 1. The number of hydrogen-bond acceptors (Lipinski definition) is 3. The zero-order valence-electron chi connectivity index (χ0n) is 12.9. The Bertz CT molecular complexity index is 552. The Morgan fingerprint density at radius 2 is 2.00 bits per heavy atom. The van der Waals surface area contributed by atoms with Crippen molar-refractivity contribution < 1.29 is 4.42 Å². The molecule has 0 aliphatic heterocycles. The predicted octanol–water partition coefficient (Wildman–Crippen LogP) is 4.17. The summed E-state index contributed by atoms with van der Waals surface area (Å²) in [6.45, 7) is 7.02. The van der Waals surface area contributed by atoms with Crippen LogP contribution in [-0.2, 0) is 19.6 Å². The first-order valence-corrected chi connectivity index (χ1v) is 8.04. The molecule has 114 valence electrons. The first kappa shape index (κ1) is 16.3. The van der Waals surface area contributed by atoms with Crippen LogP contribution in [0, 0.1) is 0 Å². The molecule has 0 amide bonds. The van der Waals surface area contributed by atoms with Crippen molar-refractivity contribution in [3.63, 3.8) is 0 Å². The third-order valence-electron chi connectivity index (χ3n) is 3.30. The van der Waals surface area contributed by atoms with Crippen LogP contribution < -0.4 is 5.32 Å². The average molecular weight is 351 g/mol. The van der Waals surface area contributed by atoms with Gasteiger partial charge in [0, 0.05) is 35.7 Å². The number of halogens is 1. The van der Waals surface area contributed by atoms with Gasteiger partial charge in [0.1, 0.15) is 0 Å². The highest BCUT2D eigenvalue weighted by atomic mass is 79.9. The fraction of sp³-hybridized carbons (Fsp3) is 0.412. The minimum atomic E-state index is 0.504. The van der Waals surface area contributed by atoms with E-state index in [0.29, 0.717) is 6.04 Å². The molecule has 0 aliphatic rings. The maximum atomic E-state index is 5.11. The molecule has 0 aliphatic carbocycles. The van der Waals surface area contributed by atoms with Crippen LogP contribution in [0.5, 0.6) is 0 Å². The summed E-state index contributed by atoms with van der Waals surface area (Å²) in [7, 11) is 2.12. The zero-order valence-corrected chi connectivity index (χ0v) is 14.5. The largest absolute Gasteiger partial charge is 0.472 e. The third kappa shape index (κ3) is 5.30. The van der Waals surface area contributed by atoms with Crippen LogP contribution in [0.2, 0.25) is 0 Å². The Morgan fingerprint density at radius 3 is 2.62 bits per heavy atom. The van der Waals surface area contributed by atoms with Crippen LogP contribution in [0.1, 0.15) is 30.5 Å². The van der Waals surface area contributed by atoms with E-state index in [9.17, 15) is 0 Å². The summed E-state index contributed by atoms with van der Waals surface area (Å²) in [5.41, 5.74) is 3.80. The molecular weight excluding hydrogens is 328 g/mol. The minimum Gasteiger partial charge on any atom is -0.472 e. The molecule has 2 aromatic rings. The normalized spacial score (nSPS) is 11.5. The maximum absolute atomic E-state index is 5.11. The standard InChI is InChI=1S/C17H23BrN2O/c1-13(2)19-9-14-4-5-16(17(18)8-14)11-20(3)10-15-6-7-21-12-15/h4-8,12-13,19H,9-11H2,1-3H3. The Morgan fingerprint density at radius 1 is 1.19 bits per heavy atom. The van der Waals surface area contributed by atoms with E-state index < -0.39 is 0 Å². The molecule has 0 saturated heterocycles. The van der Waals surface area contributed by atoms with E-state index in [4.69, 9.17) is 4.42 Å². The summed E-state index contributed by atoms with van der Waals surface area (Å²) in [6.07, 6.45) is 3.52. The maximum Gasteiger partial charge on any atom is 0.0947 e. The fourth-order valence-electron chi connectivity index (χ4n) is 2.19. The number of benzene rings is 1. The van der Waals surface area contributed by atoms with E-state index >= 15 is 0 Å². The van der Waals surface area contributed by atoms with Gasteiger partial charge in [-0.05, 0) is 30.3 Å². The van der Waals surface area contributed by atoms with Gasteiger partial charge in [-0.2, -0.15) is 0 Å². The van der Waals surface area contributed by atoms with Crippen molar-refractivity contribution in [1.82, 2.24) is 10.2 Å². The molecule has 4 heteroatoms. The first-order chi connectivity index (χ1) is 10.0. The van der Waals surface area contributed by atoms with Crippen LogP contribution in [0.25, 0.3) is 0 Å². The van der Waals surface area contributed by atoms with Crippen LogP contribution in [0.4, 0.5) is 0 Å². The Balaban J connectivity index is 1.93. The topological polar surface area (TPSA) is 28.4 Å². The van der Waals surface area contributed by atoms with Gasteiger partial charge in [0.05, 0.1) is 12.5 Å². The molecule has 0 saturated carbocycles. The molecule has 0 unspecified atom stereocenters. The molecule has 1 N–H and O–H groups in total. The number of rotatable bonds is 7. The van der Waals surface area contributed by atoms with E-state index in [1.807, 2.05) is 6.07 Å². The van der Waals surface area contributed by atoms with Gasteiger partial charge < -0.3 is 9.73 Å². The van der Waals surface area contributed by atoms with Crippen molar-refractivity contribution in [2.24, 2.45) is 0 Å². The lowest BCUT2D eigenvalue weighted by molar-refractivity contribution is 0.317. The van der Waals surface area contributed by atoms with E-state index in [1.165, 1.54) is 21.2 Å². The number of hydrogen-bond donors (Lipinski definition) is 1. The molecule has 2 rings (SSSR count). The summed E-state index contributed by atoms with van der Waals surface area (Å²) < 4.78 is 6.28. The Hall–Kier alpha value is -1.10. The molecule has 3 nitrogen and oxygen atoms in total. The van der Waals surface area contributed by atoms with Crippen LogP contribution in [0.3, 0.4) is 0 Å². The van der Waals surface area contributed by atoms with Crippen molar-refractivity contribution in [2.75, 3.05) is 7.05 Å². The van der Waals surface area contributed by atoms with Gasteiger partial charge in [-0.15, -0.1) is 0 Å². The molecule has 21 heavy (non-hydrogen) atoms. The van der Waals surface area contributed by atoms with Gasteiger partial charge in [-0.1, -0.05) is 41.9 Å². The lowest BCUT2D eigenvalue weighted by Gasteiger charge is -2.17. The molecule has 1 aromatic heterocycles. The summed E-state index contributed by atoms with van der Waals surface area (Å²) in [4.78, 5) is 2.27. The minimum absolute atomic E-state index is 0.504.